The molecule has 0 unspecified atom stereocenters. The molecule has 0 spiro atoms. The molecule has 0 aromatic carbocycles. The molecule has 2 aromatic rings. The molecule has 0 radical (unpaired) electrons. The number of carbonyl (C=O) groups is 1. The number of aromatic nitrogens is 3. The third-order valence-electron chi connectivity index (χ3n) is 2.86. The molecule has 2 heterocycles. The van der Waals surface area contributed by atoms with Gasteiger partial charge in [-0.25, -0.2) is 4.98 Å². The van der Waals surface area contributed by atoms with E-state index in [-0.39, 0.29) is 23.6 Å². The number of aryl methyl sites for hydroxylation is 1. The maximum atomic E-state index is 12.3. The second-order valence-corrected chi connectivity index (χ2v) is 4.57. The summed E-state index contributed by atoms with van der Waals surface area (Å²) in [5, 5.41) is 15.0. The molecule has 2 aromatic heterocycles. The maximum Gasteiger partial charge on any atom is 0.300 e. The van der Waals surface area contributed by atoms with Crippen molar-refractivity contribution in [3.05, 3.63) is 45.9 Å². The topological polar surface area (TPSA) is 120 Å². The van der Waals surface area contributed by atoms with E-state index in [2.05, 4.69) is 10.1 Å². The predicted octanol–water partition coefficient (Wildman–Crippen LogP) is 0.578. The van der Waals surface area contributed by atoms with Crippen molar-refractivity contribution in [1.82, 2.24) is 19.7 Å². The van der Waals surface area contributed by atoms with Crippen LogP contribution in [0.25, 0.3) is 0 Å². The Morgan fingerprint density at radius 3 is 2.81 bits per heavy atom. The fourth-order valence-corrected chi connectivity index (χ4v) is 1.89. The van der Waals surface area contributed by atoms with Gasteiger partial charge in [-0.1, -0.05) is 0 Å². The number of hydrogen-bond donors (Lipinski definition) is 1. The van der Waals surface area contributed by atoms with Crippen molar-refractivity contribution < 1.29 is 9.72 Å². The second kappa shape index (κ2) is 5.57. The molecule has 21 heavy (non-hydrogen) atoms. The summed E-state index contributed by atoms with van der Waals surface area (Å²) < 4.78 is 1.61. The van der Waals surface area contributed by atoms with Crippen molar-refractivity contribution in [2.45, 2.75) is 6.54 Å². The summed E-state index contributed by atoms with van der Waals surface area (Å²) in [6.45, 7) is 0.284. The minimum absolute atomic E-state index is 0.0544. The first-order valence-electron chi connectivity index (χ1n) is 6.01. The van der Waals surface area contributed by atoms with Gasteiger partial charge in [0.05, 0.1) is 11.1 Å². The van der Waals surface area contributed by atoms with Crippen LogP contribution in [0.15, 0.2) is 24.7 Å². The van der Waals surface area contributed by atoms with Gasteiger partial charge in [0.2, 0.25) is 0 Å². The van der Waals surface area contributed by atoms with Crippen LogP contribution in [0.5, 0.6) is 0 Å². The lowest BCUT2D eigenvalue weighted by molar-refractivity contribution is -0.385. The first kappa shape index (κ1) is 14.4. The molecular formula is C12H14N6O3. The van der Waals surface area contributed by atoms with Crippen LogP contribution in [0, 0.1) is 10.1 Å². The molecule has 2 N–H and O–H groups in total. The monoisotopic (exact) mass is 290 g/mol. The number of nitrogens with two attached hydrogens (primary N) is 1. The Hall–Kier alpha value is -2.97. The van der Waals surface area contributed by atoms with E-state index < -0.39 is 10.8 Å². The lowest BCUT2D eigenvalue weighted by atomic mass is 10.2. The minimum Gasteiger partial charge on any atom is -0.384 e. The zero-order valence-electron chi connectivity index (χ0n) is 11.6. The number of nitrogens with zero attached hydrogens (tertiary/aromatic N) is 5. The molecule has 0 bridgehead atoms. The standard InChI is InChI=1S/C12H14N6O3/c1-16(6-8-4-15-17(2)7-8)12(19)9-3-11(13)14-5-10(9)18(20)21/h3-5,7H,6H2,1-2H3,(H2,13,14). The summed E-state index contributed by atoms with van der Waals surface area (Å²) in [6, 6.07) is 1.21. The number of nitrogen functional groups attached to an aromatic ring is 1. The minimum atomic E-state index is -0.655. The average Bonchev–Trinajstić information content (AvgIpc) is 2.82. The lowest BCUT2D eigenvalue weighted by Crippen LogP contribution is -2.27. The van der Waals surface area contributed by atoms with E-state index in [1.165, 1.54) is 11.0 Å². The van der Waals surface area contributed by atoms with Gasteiger partial charge in [0.1, 0.15) is 17.6 Å². The summed E-state index contributed by atoms with van der Waals surface area (Å²) >= 11 is 0. The Labute approximate surface area is 120 Å². The Morgan fingerprint density at radius 1 is 1.52 bits per heavy atom. The fourth-order valence-electron chi connectivity index (χ4n) is 1.89. The molecule has 0 saturated heterocycles. The summed E-state index contributed by atoms with van der Waals surface area (Å²) in [5.41, 5.74) is 5.87. The number of nitro groups is 1. The van der Waals surface area contributed by atoms with Gasteiger partial charge in [0.25, 0.3) is 11.6 Å². The average molecular weight is 290 g/mol. The smallest absolute Gasteiger partial charge is 0.300 e. The van der Waals surface area contributed by atoms with Gasteiger partial charge < -0.3 is 10.6 Å². The number of carbonyl (C=O) groups excluding carboxylic acids is 1. The number of rotatable bonds is 4. The van der Waals surface area contributed by atoms with Gasteiger partial charge in [-0.05, 0) is 6.07 Å². The van der Waals surface area contributed by atoms with Crippen molar-refractivity contribution in [1.29, 1.82) is 0 Å². The largest absolute Gasteiger partial charge is 0.384 e. The molecule has 9 heteroatoms. The van der Waals surface area contributed by atoms with E-state index in [9.17, 15) is 14.9 Å². The highest BCUT2D eigenvalue weighted by Crippen LogP contribution is 2.21. The molecule has 2 rings (SSSR count). The maximum absolute atomic E-state index is 12.3. The first-order valence-corrected chi connectivity index (χ1v) is 6.01. The Morgan fingerprint density at radius 2 is 2.24 bits per heavy atom. The normalized spacial score (nSPS) is 10.4. The summed E-state index contributed by atoms with van der Waals surface area (Å²) in [4.78, 5) is 27.7. The molecule has 0 fully saturated rings. The van der Waals surface area contributed by atoms with Gasteiger partial charge in [-0.15, -0.1) is 0 Å². The molecule has 0 saturated carbocycles. The van der Waals surface area contributed by atoms with Crippen LogP contribution in [0.1, 0.15) is 15.9 Å². The van der Waals surface area contributed by atoms with E-state index >= 15 is 0 Å². The van der Waals surface area contributed by atoms with E-state index in [0.29, 0.717) is 0 Å². The fraction of sp³-hybridized carbons (Fsp3) is 0.250. The second-order valence-electron chi connectivity index (χ2n) is 4.57. The van der Waals surface area contributed by atoms with Gasteiger partial charge in [-0.3, -0.25) is 19.6 Å². The molecular weight excluding hydrogens is 276 g/mol. The van der Waals surface area contributed by atoms with Crippen LogP contribution in [0.2, 0.25) is 0 Å². The molecule has 0 aliphatic rings. The lowest BCUT2D eigenvalue weighted by Gasteiger charge is -2.16. The predicted molar refractivity (Wildman–Crippen MR) is 74.3 cm³/mol. The molecule has 9 nitrogen and oxygen atoms in total. The van der Waals surface area contributed by atoms with Crippen LogP contribution >= 0.6 is 0 Å². The zero-order valence-corrected chi connectivity index (χ0v) is 11.6. The van der Waals surface area contributed by atoms with Crippen molar-refractivity contribution in [2.24, 2.45) is 7.05 Å². The molecule has 0 aliphatic heterocycles. The van der Waals surface area contributed by atoms with E-state index in [0.717, 1.165) is 11.8 Å². The number of pyridine rings is 1. The molecule has 1 amide bonds. The van der Waals surface area contributed by atoms with Gasteiger partial charge in [0.15, 0.2) is 0 Å². The zero-order chi connectivity index (χ0) is 15.6. The summed E-state index contributed by atoms with van der Waals surface area (Å²) in [6.07, 6.45) is 4.37. The van der Waals surface area contributed by atoms with Crippen LogP contribution in [-0.2, 0) is 13.6 Å². The van der Waals surface area contributed by atoms with Crippen LogP contribution in [0.4, 0.5) is 11.5 Å². The summed E-state index contributed by atoms with van der Waals surface area (Å²) in [5.74, 6) is -0.446. The highest BCUT2D eigenvalue weighted by molar-refractivity contribution is 5.98. The van der Waals surface area contributed by atoms with Crippen molar-refractivity contribution >= 4 is 17.4 Å². The van der Waals surface area contributed by atoms with Crippen LogP contribution < -0.4 is 5.73 Å². The van der Waals surface area contributed by atoms with E-state index in [4.69, 9.17) is 5.73 Å². The molecule has 0 aliphatic carbocycles. The molecule has 110 valence electrons. The number of anilines is 1. The first-order chi connectivity index (χ1) is 9.88. The van der Waals surface area contributed by atoms with Crippen LogP contribution in [-0.4, -0.2) is 37.5 Å². The Kier molecular flexibility index (Phi) is 3.83. The van der Waals surface area contributed by atoms with E-state index in [1.54, 1.807) is 31.2 Å². The van der Waals surface area contributed by atoms with Crippen molar-refractivity contribution in [2.75, 3.05) is 12.8 Å². The third kappa shape index (κ3) is 3.14. The summed E-state index contributed by atoms with van der Waals surface area (Å²) in [7, 11) is 3.31. The van der Waals surface area contributed by atoms with Crippen LogP contribution in [0.3, 0.4) is 0 Å². The Bertz CT molecular complexity index is 696. The highest BCUT2D eigenvalue weighted by Gasteiger charge is 2.24. The quantitative estimate of drug-likeness (QED) is 0.649. The molecule has 0 atom stereocenters. The van der Waals surface area contributed by atoms with Crippen molar-refractivity contribution in [3.8, 4) is 0 Å². The SMILES string of the molecule is CN(Cc1cnn(C)c1)C(=O)c1cc(N)ncc1[N+](=O)[O-]. The van der Waals surface area contributed by atoms with E-state index in [1.807, 2.05) is 0 Å². The number of hydrogen-bond acceptors (Lipinski definition) is 6. The third-order valence-corrected chi connectivity index (χ3v) is 2.86. The van der Waals surface area contributed by atoms with Gasteiger partial charge >= 0.3 is 0 Å². The van der Waals surface area contributed by atoms with Crippen molar-refractivity contribution in [3.63, 3.8) is 0 Å². The van der Waals surface area contributed by atoms with Gasteiger partial charge in [-0.2, -0.15) is 5.10 Å². The Balaban J connectivity index is 2.26. The number of amides is 1. The highest BCUT2D eigenvalue weighted by atomic mass is 16.6. The van der Waals surface area contributed by atoms with Gasteiger partial charge in [0, 0.05) is 32.4 Å².